The summed E-state index contributed by atoms with van der Waals surface area (Å²) >= 11 is 0. The minimum Gasteiger partial charge on any atom is -0.480 e. The van der Waals surface area contributed by atoms with Crippen molar-refractivity contribution < 1.29 is 29.4 Å². The van der Waals surface area contributed by atoms with E-state index in [-0.39, 0.29) is 6.42 Å². The standard InChI is InChI=1S/C16H24N6O6/c17-10(4-9-5-18-8-20-9)16(28)22-3-1-2-12(22)15(27)21-11(7-23)14(26)19-6-13(24)25/h5,8,10-12,23H,1-4,6-7,17H2,(H,18,20)(H,19,26)(H,21,27)(H,24,25). The quantitative estimate of drug-likeness (QED) is 0.253. The van der Waals surface area contributed by atoms with Crippen LogP contribution >= 0.6 is 0 Å². The number of aromatic amines is 1. The van der Waals surface area contributed by atoms with Gasteiger partial charge >= 0.3 is 5.97 Å². The molecule has 154 valence electrons. The number of aliphatic hydroxyl groups is 1. The van der Waals surface area contributed by atoms with Crippen LogP contribution in [0, 0.1) is 0 Å². The number of likely N-dealkylation sites (tertiary alicyclic amines) is 1. The Balaban J connectivity index is 1.96. The second-order valence-electron chi connectivity index (χ2n) is 6.43. The molecule has 12 nitrogen and oxygen atoms in total. The Labute approximate surface area is 160 Å². The zero-order chi connectivity index (χ0) is 20.7. The maximum atomic E-state index is 12.6. The SMILES string of the molecule is NC(Cc1cnc[nH]1)C(=O)N1CCCC1C(=O)NC(CO)C(=O)NCC(=O)O. The summed E-state index contributed by atoms with van der Waals surface area (Å²) in [5, 5.41) is 22.4. The molecule has 1 aromatic rings. The molecule has 1 saturated heterocycles. The van der Waals surface area contributed by atoms with Crippen LogP contribution in [0.4, 0.5) is 0 Å². The molecule has 1 aliphatic heterocycles. The highest BCUT2D eigenvalue weighted by atomic mass is 16.4. The third kappa shape index (κ3) is 5.50. The van der Waals surface area contributed by atoms with E-state index in [0.29, 0.717) is 25.1 Å². The lowest BCUT2D eigenvalue weighted by Crippen LogP contribution is -2.56. The summed E-state index contributed by atoms with van der Waals surface area (Å²) < 4.78 is 0. The number of carboxylic acid groups (broad SMARTS) is 1. The fourth-order valence-corrected chi connectivity index (χ4v) is 2.98. The molecule has 12 heteroatoms. The third-order valence-corrected chi connectivity index (χ3v) is 4.38. The molecule has 3 atom stereocenters. The monoisotopic (exact) mass is 396 g/mol. The van der Waals surface area contributed by atoms with Gasteiger partial charge in [-0.05, 0) is 12.8 Å². The topological polar surface area (TPSA) is 191 Å². The Kier molecular flexibility index (Phi) is 7.46. The van der Waals surface area contributed by atoms with E-state index < -0.39 is 55.0 Å². The lowest BCUT2D eigenvalue weighted by Gasteiger charge is -2.27. The molecule has 7 N–H and O–H groups in total. The molecule has 1 aliphatic rings. The van der Waals surface area contributed by atoms with E-state index in [1.165, 1.54) is 11.2 Å². The maximum Gasteiger partial charge on any atom is 0.322 e. The van der Waals surface area contributed by atoms with E-state index in [2.05, 4.69) is 20.6 Å². The predicted molar refractivity (Wildman–Crippen MR) is 94.7 cm³/mol. The van der Waals surface area contributed by atoms with Gasteiger partial charge in [-0.3, -0.25) is 19.2 Å². The van der Waals surface area contributed by atoms with Crippen LogP contribution in [0.5, 0.6) is 0 Å². The van der Waals surface area contributed by atoms with Gasteiger partial charge in [0.15, 0.2) is 0 Å². The fourth-order valence-electron chi connectivity index (χ4n) is 2.98. The van der Waals surface area contributed by atoms with Crippen LogP contribution in [0.15, 0.2) is 12.5 Å². The van der Waals surface area contributed by atoms with Crippen LogP contribution in [0.1, 0.15) is 18.5 Å². The van der Waals surface area contributed by atoms with E-state index in [4.69, 9.17) is 10.8 Å². The summed E-state index contributed by atoms with van der Waals surface area (Å²) in [5.41, 5.74) is 6.65. The van der Waals surface area contributed by atoms with E-state index in [9.17, 15) is 24.3 Å². The van der Waals surface area contributed by atoms with Crippen molar-refractivity contribution in [3.63, 3.8) is 0 Å². The Hall–Kier alpha value is -2.99. The minimum atomic E-state index is -1.32. The second kappa shape index (κ2) is 9.80. The van der Waals surface area contributed by atoms with Gasteiger partial charge < -0.3 is 36.5 Å². The average Bonchev–Trinajstić information content (AvgIpc) is 3.34. The molecule has 0 spiro atoms. The van der Waals surface area contributed by atoms with Gasteiger partial charge in [-0.15, -0.1) is 0 Å². The van der Waals surface area contributed by atoms with Gasteiger partial charge in [-0.25, -0.2) is 4.98 Å². The first kappa shape index (κ1) is 21.3. The van der Waals surface area contributed by atoms with Crippen molar-refractivity contribution in [1.82, 2.24) is 25.5 Å². The van der Waals surface area contributed by atoms with Gasteiger partial charge in [0.1, 0.15) is 18.6 Å². The van der Waals surface area contributed by atoms with E-state index in [1.807, 2.05) is 0 Å². The van der Waals surface area contributed by atoms with Crippen LogP contribution in [-0.2, 0) is 25.6 Å². The summed E-state index contributed by atoms with van der Waals surface area (Å²) in [7, 11) is 0. The first-order valence-electron chi connectivity index (χ1n) is 8.77. The first-order chi connectivity index (χ1) is 13.3. The summed E-state index contributed by atoms with van der Waals surface area (Å²) in [4.78, 5) is 55.7. The van der Waals surface area contributed by atoms with Crippen LogP contribution in [-0.4, -0.2) is 86.6 Å². The number of rotatable bonds is 9. The van der Waals surface area contributed by atoms with Gasteiger partial charge in [0.25, 0.3) is 0 Å². The highest BCUT2D eigenvalue weighted by Crippen LogP contribution is 2.19. The molecule has 3 unspecified atom stereocenters. The van der Waals surface area contributed by atoms with Gasteiger partial charge in [-0.1, -0.05) is 0 Å². The second-order valence-corrected chi connectivity index (χ2v) is 6.43. The Morgan fingerprint density at radius 3 is 2.75 bits per heavy atom. The number of nitrogens with zero attached hydrogens (tertiary/aromatic N) is 2. The molecule has 0 radical (unpaired) electrons. The van der Waals surface area contributed by atoms with Gasteiger partial charge in [0.05, 0.1) is 19.0 Å². The van der Waals surface area contributed by atoms with Crippen LogP contribution in [0.2, 0.25) is 0 Å². The number of nitrogens with two attached hydrogens (primary N) is 1. The Morgan fingerprint density at radius 1 is 1.39 bits per heavy atom. The predicted octanol–water partition coefficient (Wildman–Crippen LogP) is -3.05. The Bertz CT molecular complexity index is 708. The molecule has 0 bridgehead atoms. The number of amides is 3. The van der Waals surface area contributed by atoms with E-state index in [0.717, 1.165) is 0 Å². The molecule has 3 amide bonds. The van der Waals surface area contributed by atoms with Gasteiger partial charge in [0, 0.05) is 24.9 Å². The average molecular weight is 396 g/mol. The fraction of sp³-hybridized carbons (Fsp3) is 0.562. The van der Waals surface area contributed by atoms with Gasteiger partial charge in [-0.2, -0.15) is 0 Å². The van der Waals surface area contributed by atoms with Crippen molar-refractivity contribution in [2.75, 3.05) is 19.7 Å². The normalized spacial score (nSPS) is 18.4. The number of carbonyl (C=O) groups excluding carboxylic acids is 3. The molecule has 1 fully saturated rings. The number of aromatic nitrogens is 2. The van der Waals surface area contributed by atoms with Crippen LogP contribution in [0.3, 0.4) is 0 Å². The van der Waals surface area contributed by atoms with Crippen molar-refractivity contribution in [1.29, 1.82) is 0 Å². The van der Waals surface area contributed by atoms with Crippen LogP contribution < -0.4 is 16.4 Å². The molecule has 2 heterocycles. The van der Waals surface area contributed by atoms with Crippen molar-refractivity contribution in [3.05, 3.63) is 18.2 Å². The number of carbonyl (C=O) groups is 4. The Morgan fingerprint density at radius 2 is 2.14 bits per heavy atom. The number of carboxylic acids is 1. The highest BCUT2D eigenvalue weighted by molar-refractivity contribution is 5.94. The van der Waals surface area contributed by atoms with Crippen LogP contribution in [0.25, 0.3) is 0 Å². The lowest BCUT2D eigenvalue weighted by molar-refractivity contribution is -0.141. The number of nitrogens with one attached hydrogen (secondary N) is 3. The number of hydrogen-bond acceptors (Lipinski definition) is 7. The van der Waals surface area contributed by atoms with E-state index in [1.54, 1.807) is 6.20 Å². The minimum absolute atomic E-state index is 0.237. The number of aliphatic hydroxyl groups excluding tert-OH is 1. The maximum absolute atomic E-state index is 12.6. The molecule has 0 saturated carbocycles. The molecular formula is C16H24N6O6. The summed E-state index contributed by atoms with van der Waals surface area (Å²) in [6.07, 6.45) is 4.26. The van der Waals surface area contributed by atoms with Crippen molar-refractivity contribution in [3.8, 4) is 0 Å². The molecule has 0 aliphatic carbocycles. The molecule has 2 rings (SSSR count). The van der Waals surface area contributed by atoms with Gasteiger partial charge in [0.2, 0.25) is 17.7 Å². The van der Waals surface area contributed by atoms with Crippen molar-refractivity contribution in [2.45, 2.75) is 37.4 Å². The van der Waals surface area contributed by atoms with Crippen molar-refractivity contribution in [2.24, 2.45) is 5.73 Å². The summed E-state index contributed by atoms with van der Waals surface area (Å²) in [6, 6.07) is -2.99. The lowest BCUT2D eigenvalue weighted by atomic mass is 10.1. The largest absolute Gasteiger partial charge is 0.480 e. The zero-order valence-electron chi connectivity index (χ0n) is 15.1. The third-order valence-electron chi connectivity index (χ3n) is 4.38. The number of H-pyrrole nitrogens is 1. The smallest absolute Gasteiger partial charge is 0.322 e. The number of hydrogen-bond donors (Lipinski definition) is 6. The number of aliphatic carboxylic acids is 1. The van der Waals surface area contributed by atoms with Crippen molar-refractivity contribution >= 4 is 23.7 Å². The number of imidazole rings is 1. The molecular weight excluding hydrogens is 372 g/mol. The molecule has 28 heavy (non-hydrogen) atoms. The summed E-state index contributed by atoms with van der Waals surface area (Å²) in [5.74, 6) is -3.09. The highest BCUT2D eigenvalue weighted by Gasteiger charge is 2.37. The van der Waals surface area contributed by atoms with E-state index >= 15 is 0 Å². The zero-order valence-corrected chi connectivity index (χ0v) is 15.1. The summed E-state index contributed by atoms with van der Waals surface area (Å²) in [6.45, 7) is -0.999. The first-order valence-corrected chi connectivity index (χ1v) is 8.77. The molecule has 1 aromatic heterocycles. The molecule has 0 aromatic carbocycles.